The summed E-state index contributed by atoms with van der Waals surface area (Å²) in [7, 11) is -1.50. The van der Waals surface area contributed by atoms with Crippen molar-refractivity contribution in [3.8, 4) is 22.6 Å². The molecule has 0 saturated carbocycles. The Labute approximate surface area is 215 Å². The summed E-state index contributed by atoms with van der Waals surface area (Å²) in [4.78, 5) is 12.0. The monoisotopic (exact) mass is 501 g/mol. The van der Waals surface area contributed by atoms with E-state index in [0.717, 1.165) is 49.4 Å². The molecule has 1 N–H and O–H groups in total. The summed E-state index contributed by atoms with van der Waals surface area (Å²) in [6.45, 7) is 7.24. The quantitative estimate of drug-likeness (QED) is 0.365. The molecule has 2 aliphatic rings. The Morgan fingerprint density at radius 3 is 2.44 bits per heavy atom. The van der Waals surface area contributed by atoms with Crippen molar-refractivity contribution in [3.05, 3.63) is 88.5 Å². The predicted octanol–water partition coefficient (Wildman–Crippen LogP) is 6.35. The maximum Gasteiger partial charge on any atom is 0.257 e. The molecule has 36 heavy (non-hydrogen) atoms. The average molecular weight is 502 g/mol. The number of hydrogen-bond acceptors (Lipinski definition) is 4. The van der Waals surface area contributed by atoms with Crippen LogP contribution in [0.25, 0.3) is 16.0 Å². The molecule has 0 aromatic heterocycles. The van der Waals surface area contributed by atoms with E-state index in [9.17, 15) is 9.00 Å². The number of rotatable bonds is 8. The Kier molecular flexibility index (Phi) is 6.97. The van der Waals surface area contributed by atoms with Crippen LogP contribution in [0.5, 0.6) is 11.5 Å². The first-order valence-corrected chi connectivity index (χ1v) is 13.7. The van der Waals surface area contributed by atoms with Gasteiger partial charge in [0.05, 0.1) is 11.5 Å². The molecule has 1 amide bonds. The lowest BCUT2D eigenvalue weighted by molar-refractivity contribution is -0.114. The lowest BCUT2D eigenvalue weighted by Gasteiger charge is -2.18. The maximum absolute atomic E-state index is 12.0. The third kappa shape index (κ3) is 4.82. The van der Waals surface area contributed by atoms with Crippen molar-refractivity contribution in [2.45, 2.75) is 52.6 Å². The minimum atomic E-state index is -1.50. The summed E-state index contributed by atoms with van der Waals surface area (Å²) in [5.41, 5.74) is 8.33. The summed E-state index contributed by atoms with van der Waals surface area (Å²) in [5, 5.41) is 0. The highest BCUT2D eigenvalue weighted by Crippen LogP contribution is 2.42. The van der Waals surface area contributed by atoms with Gasteiger partial charge in [-0.15, -0.1) is 0 Å². The van der Waals surface area contributed by atoms with Gasteiger partial charge in [0, 0.05) is 6.08 Å². The van der Waals surface area contributed by atoms with Crippen molar-refractivity contribution in [1.29, 1.82) is 0 Å². The standard InChI is InChI=1S/C30H31NO4S/c1-4-5-15-34-23-16-19(2)30(20(3)17-23)26-8-6-7-25-24(26)13-14-27(25)35-22-11-9-21(10-12-22)28-18-29(32)31-36(28)33/h6-12,16-18,27H,4-5,13-15H2,1-3H3,(H,31,32). The number of carbonyl (C=O) groups excluding carboxylic acids is 1. The molecule has 186 valence electrons. The summed E-state index contributed by atoms with van der Waals surface area (Å²) in [6, 6.07) is 18.3. The van der Waals surface area contributed by atoms with Crippen LogP contribution in [0.2, 0.25) is 0 Å². The second kappa shape index (κ2) is 10.3. The summed E-state index contributed by atoms with van der Waals surface area (Å²) < 4.78 is 26.8. The number of hydrogen-bond donors (Lipinski definition) is 1. The second-order valence-corrected chi connectivity index (χ2v) is 10.6. The highest BCUT2D eigenvalue weighted by molar-refractivity contribution is 7.93. The molecular formula is C30H31NO4S. The van der Waals surface area contributed by atoms with E-state index in [0.29, 0.717) is 4.91 Å². The first-order valence-electron chi connectivity index (χ1n) is 12.5. The predicted molar refractivity (Wildman–Crippen MR) is 144 cm³/mol. The van der Waals surface area contributed by atoms with Gasteiger partial charge in [-0.05, 0) is 96.3 Å². The number of unbranched alkanes of at least 4 members (excludes halogenated alkanes) is 1. The third-order valence-corrected chi connectivity index (χ3v) is 7.97. The lowest BCUT2D eigenvalue weighted by Crippen LogP contribution is -2.16. The Hall–Kier alpha value is -3.38. The molecule has 5 nitrogen and oxygen atoms in total. The van der Waals surface area contributed by atoms with Crippen LogP contribution in [0.1, 0.15) is 60.1 Å². The van der Waals surface area contributed by atoms with Gasteiger partial charge < -0.3 is 9.47 Å². The van der Waals surface area contributed by atoms with Crippen LogP contribution in [0.4, 0.5) is 0 Å². The van der Waals surface area contributed by atoms with Gasteiger partial charge in [0.15, 0.2) is 11.0 Å². The zero-order valence-corrected chi connectivity index (χ0v) is 21.7. The summed E-state index contributed by atoms with van der Waals surface area (Å²) in [6.07, 6.45) is 5.42. The minimum Gasteiger partial charge on any atom is -0.494 e. The molecular weight excluding hydrogens is 470 g/mol. The molecule has 3 aromatic carbocycles. The molecule has 3 aromatic rings. The number of fused-ring (bicyclic) bond motifs is 1. The smallest absolute Gasteiger partial charge is 0.257 e. The fourth-order valence-corrected chi connectivity index (χ4v) is 6.06. The zero-order valence-electron chi connectivity index (χ0n) is 20.9. The van der Waals surface area contributed by atoms with E-state index in [1.165, 1.54) is 39.5 Å². The van der Waals surface area contributed by atoms with E-state index < -0.39 is 11.0 Å². The normalized spacial score (nSPS) is 18.5. The number of aryl methyl sites for hydroxylation is 2. The van der Waals surface area contributed by atoms with Crippen LogP contribution in [0.15, 0.2) is 60.7 Å². The Morgan fingerprint density at radius 2 is 1.78 bits per heavy atom. The molecule has 0 saturated heterocycles. The Balaban J connectivity index is 1.37. The summed E-state index contributed by atoms with van der Waals surface area (Å²) in [5.74, 6) is 1.37. The van der Waals surface area contributed by atoms with Crippen LogP contribution in [-0.4, -0.2) is 16.7 Å². The lowest BCUT2D eigenvalue weighted by atomic mass is 9.90. The Morgan fingerprint density at radius 1 is 1.03 bits per heavy atom. The van der Waals surface area contributed by atoms with Gasteiger partial charge in [-0.25, -0.2) is 4.21 Å². The van der Waals surface area contributed by atoms with Gasteiger partial charge >= 0.3 is 0 Å². The van der Waals surface area contributed by atoms with Crippen LogP contribution >= 0.6 is 0 Å². The molecule has 5 rings (SSSR count). The van der Waals surface area contributed by atoms with Gasteiger partial charge in [0.1, 0.15) is 17.6 Å². The molecule has 1 aliphatic carbocycles. The van der Waals surface area contributed by atoms with Gasteiger partial charge in [-0.1, -0.05) is 43.7 Å². The number of nitrogens with one attached hydrogen (secondary N) is 1. The molecule has 2 atom stereocenters. The van der Waals surface area contributed by atoms with E-state index in [2.05, 4.69) is 55.8 Å². The third-order valence-electron chi connectivity index (χ3n) is 6.83. The van der Waals surface area contributed by atoms with E-state index in [-0.39, 0.29) is 12.0 Å². The molecule has 0 fully saturated rings. The zero-order chi connectivity index (χ0) is 25.2. The van der Waals surface area contributed by atoms with Gasteiger partial charge in [-0.2, -0.15) is 0 Å². The van der Waals surface area contributed by atoms with Crippen molar-refractivity contribution < 1.29 is 18.5 Å². The Bertz CT molecular complexity index is 1340. The SMILES string of the molecule is CCCCOc1cc(C)c(-c2cccc3c2CCC3Oc2ccc(C3=CC(=O)NS3=O)cc2)c(C)c1. The molecule has 1 aliphatic heterocycles. The number of carbonyl (C=O) groups is 1. The summed E-state index contributed by atoms with van der Waals surface area (Å²) >= 11 is 0. The first kappa shape index (κ1) is 24.3. The molecule has 0 bridgehead atoms. The molecule has 6 heteroatoms. The van der Waals surface area contributed by atoms with Gasteiger partial charge in [-0.3, -0.25) is 9.52 Å². The second-order valence-electron chi connectivity index (χ2n) is 9.42. The minimum absolute atomic E-state index is 0.0221. The molecule has 1 heterocycles. The van der Waals surface area contributed by atoms with Crippen molar-refractivity contribution in [3.63, 3.8) is 0 Å². The maximum atomic E-state index is 12.0. The highest BCUT2D eigenvalue weighted by Gasteiger charge is 2.28. The van der Waals surface area contributed by atoms with Gasteiger partial charge in [0.2, 0.25) is 0 Å². The fraction of sp³-hybridized carbons (Fsp3) is 0.300. The van der Waals surface area contributed by atoms with Crippen LogP contribution in [-0.2, 0) is 22.2 Å². The van der Waals surface area contributed by atoms with Crippen molar-refractivity contribution >= 4 is 21.8 Å². The average Bonchev–Trinajstić information content (AvgIpc) is 3.42. The van der Waals surface area contributed by atoms with Gasteiger partial charge in [0.25, 0.3) is 5.91 Å². The van der Waals surface area contributed by atoms with E-state index >= 15 is 0 Å². The number of benzene rings is 3. The molecule has 2 unspecified atom stereocenters. The van der Waals surface area contributed by atoms with E-state index in [1.807, 2.05) is 24.3 Å². The number of amides is 1. The largest absolute Gasteiger partial charge is 0.494 e. The van der Waals surface area contributed by atoms with Crippen LogP contribution < -0.4 is 14.2 Å². The van der Waals surface area contributed by atoms with E-state index in [4.69, 9.17) is 9.47 Å². The van der Waals surface area contributed by atoms with Crippen molar-refractivity contribution in [1.82, 2.24) is 4.72 Å². The number of ether oxygens (including phenoxy) is 2. The molecule has 0 spiro atoms. The van der Waals surface area contributed by atoms with Crippen molar-refractivity contribution in [2.75, 3.05) is 6.61 Å². The van der Waals surface area contributed by atoms with Crippen LogP contribution in [0.3, 0.4) is 0 Å². The van der Waals surface area contributed by atoms with Crippen molar-refractivity contribution in [2.24, 2.45) is 0 Å². The highest BCUT2D eigenvalue weighted by atomic mass is 32.2. The fourth-order valence-electron chi connectivity index (χ4n) is 5.14. The van der Waals surface area contributed by atoms with Crippen LogP contribution in [0, 0.1) is 13.8 Å². The first-order chi connectivity index (χ1) is 17.4. The topological polar surface area (TPSA) is 64.6 Å². The molecule has 0 radical (unpaired) electrons. The van der Waals surface area contributed by atoms with E-state index in [1.54, 1.807) is 0 Å².